The van der Waals surface area contributed by atoms with Crippen molar-refractivity contribution >= 4 is 22.9 Å². The molecule has 5 aromatic heterocycles. The Morgan fingerprint density at radius 3 is 2.65 bits per heavy atom. The predicted octanol–water partition coefficient (Wildman–Crippen LogP) is 3.02. The number of fused-ring (bicyclic) bond motifs is 2. The van der Waals surface area contributed by atoms with Crippen molar-refractivity contribution in [3.8, 4) is 11.3 Å². The van der Waals surface area contributed by atoms with Crippen LogP contribution in [0.5, 0.6) is 0 Å². The molecular weight excluding hydrogens is 350 g/mol. The number of halogens is 1. The molecule has 5 heterocycles. The molecule has 0 aliphatic rings. The minimum atomic E-state index is 0.594. The minimum absolute atomic E-state index is 0.594. The van der Waals surface area contributed by atoms with Gasteiger partial charge in [-0.1, -0.05) is 17.7 Å². The summed E-state index contributed by atoms with van der Waals surface area (Å²) in [6.07, 6.45) is 9.94. The van der Waals surface area contributed by atoms with Gasteiger partial charge in [0.2, 0.25) is 0 Å². The number of aromatic nitrogens is 7. The molecule has 5 aromatic rings. The minimum Gasteiger partial charge on any atom is -0.290 e. The lowest BCUT2D eigenvalue weighted by Gasteiger charge is -2.05. The molecule has 26 heavy (non-hydrogen) atoms. The van der Waals surface area contributed by atoms with E-state index in [2.05, 4.69) is 15.1 Å². The van der Waals surface area contributed by atoms with Crippen LogP contribution in [0.1, 0.15) is 11.3 Å². The number of imidazole rings is 2. The van der Waals surface area contributed by atoms with Gasteiger partial charge < -0.3 is 0 Å². The summed E-state index contributed by atoms with van der Waals surface area (Å²) in [4.78, 5) is 8.71. The average molecular weight is 364 g/mol. The van der Waals surface area contributed by atoms with Gasteiger partial charge in [0.15, 0.2) is 5.65 Å². The van der Waals surface area contributed by atoms with Crippen molar-refractivity contribution < 1.29 is 0 Å². The molecule has 0 aromatic carbocycles. The largest absolute Gasteiger partial charge is 0.290 e. The molecule has 0 atom stereocenters. The van der Waals surface area contributed by atoms with Gasteiger partial charge in [0, 0.05) is 31.4 Å². The maximum Gasteiger partial charge on any atom is 0.153 e. The zero-order chi connectivity index (χ0) is 17.7. The lowest BCUT2D eigenvalue weighted by atomic mass is 10.2. The highest BCUT2D eigenvalue weighted by atomic mass is 35.5. The number of pyridine rings is 1. The predicted molar refractivity (Wildman–Crippen MR) is 98.2 cm³/mol. The van der Waals surface area contributed by atoms with Crippen molar-refractivity contribution in [1.82, 2.24) is 33.8 Å². The van der Waals surface area contributed by atoms with Crippen LogP contribution < -0.4 is 0 Å². The number of nitrogens with zero attached hydrogens (tertiary/aromatic N) is 7. The van der Waals surface area contributed by atoms with Crippen LogP contribution in [0, 0.1) is 0 Å². The lowest BCUT2D eigenvalue weighted by Crippen LogP contribution is -2.01. The Balaban J connectivity index is 1.56. The SMILES string of the molecule is Cn1cc(-c2ccc3ncc(Cc4ccc5ncc(Cl)n5c4)n3n2)cn1. The Labute approximate surface area is 153 Å². The van der Waals surface area contributed by atoms with Crippen LogP contribution in [0.15, 0.2) is 55.2 Å². The fourth-order valence-electron chi connectivity index (χ4n) is 3.06. The van der Waals surface area contributed by atoms with E-state index in [1.165, 1.54) is 0 Å². The highest BCUT2D eigenvalue weighted by molar-refractivity contribution is 6.29. The summed E-state index contributed by atoms with van der Waals surface area (Å²) in [6.45, 7) is 0. The molecule has 0 aliphatic carbocycles. The normalized spacial score (nSPS) is 11.6. The Morgan fingerprint density at radius 1 is 0.962 bits per heavy atom. The summed E-state index contributed by atoms with van der Waals surface area (Å²) in [5, 5.41) is 9.55. The van der Waals surface area contributed by atoms with Gasteiger partial charge in [-0.3, -0.25) is 9.08 Å². The van der Waals surface area contributed by atoms with Gasteiger partial charge >= 0.3 is 0 Å². The summed E-state index contributed by atoms with van der Waals surface area (Å²) in [7, 11) is 1.89. The lowest BCUT2D eigenvalue weighted by molar-refractivity contribution is 0.768. The Kier molecular flexibility index (Phi) is 3.29. The van der Waals surface area contributed by atoms with Crippen molar-refractivity contribution in [1.29, 1.82) is 0 Å². The maximum atomic E-state index is 6.17. The molecule has 5 rings (SSSR count). The first-order chi connectivity index (χ1) is 12.7. The van der Waals surface area contributed by atoms with Gasteiger partial charge in [0.25, 0.3) is 0 Å². The van der Waals surface area contributed by atoms with Crippen LogP contribution in [-0.4, -0.2) is 33.8 Å². The van der Waals surface area contributed by atoms with Crippen molar-refractivity contribution in [3.63, 3.8) is 0 Å². The van der Waals surface area contributed by atoms with Gasteiger partial charge in [0.05, 0.1) is 30.0 Å². The number of aryl methyl sites for hydroxylation is 1. The van der Waals surface area contributed by atoms with Crippen LogP contribution in [0.2, 0.25) is 5.15 Å². The molecule has 0 saturated heterocycles. The van der Waals surface area contributed by atoms with Gasteiger partial charge in [-0.2, -0.15) is 10.2 Å². The highest BCUT2D eigenvalue weighted by Crippen LogP contribution is 2.19. The van der Waals surface area contributed by atoms with Crippen molar-refractivity contribution in [2.45, 2.75) is 6.42 Å². The smallest absolute Gasteiger partial charge is 0.153 e. The van der Waals surface area contributed by atoms with E-state index in [0.29, 0.717) is 11.6 Å². The van der Waals surface area contributed by atoms with Crippen LogP contribution >= 0.6 is 11.6 Å². The number of hydrogen-bond acceptors (Lipinski definition) is 4. The van der Waals surface area contributed by atoms with E-state index in [9.17, 15) is 0 Å². The van der Waals surface area contributed by atoms with E-state index in [-0.39, 0.29) is 0 Å². The van der Waals surface area contributed by atoms with Crippen molar-refractivity contribution in [2.75, 3.05) is 0 Å². The first-order valence-corrected chi connectivity index (χ1v) is 8.49. The molecule has 0 fully saturated rings. The number of hydrogen-bond donors (Lipinski definition) is 0. The third-order valence-electron chi connectivity index (χ3n) is 4.34. The zero-order valence-corrected chi connectivity index (χ0v) is 14.7. The monoisotopic (exact) mass is 363 g/mol. The Bertz CT molecular complexity index is 1250. The average Bonchev–Trinajstić information content (AvgIpc) is 3.35. The number of rotatable bonds is 3. The van der Waals surface area contributed by atoms with E-state index in [4.69, 9.17) is 16.7 Å². The zero-order valence-electron chi connectivity index (χ0n) is 13.9. The molecule has 0 bridgehead atoms. The van der Waals surface area contributed by atoms with Crippen LogP contribution in [0.4, 0.5) is 0 Å². The second kappa shape index (κ2) is 5.67. The van der Waals surface area contributed by atoms with E-state index < -0.39 is 0 Å². The van der Waals surface area contributed by atoms with Gasteiger partial charge in [-0.05, 0) is 23.8 Å². The third kappa shape index (κ3) is 2.44. The molecule has 0 amide bonds. The summed E-state index contributed by atoms with van der Waals surface area (Å²) in [5.74, 6) is 0. The molecule has 0 saturated carbocycles. The van der Waals surface area contributed by atoms with Crippen LogP contribution in [0.3, 0.4) is 0 Å². The first-order valence-electron chi connectivity index (χ1n) is 8.11. The van der Waals surface area contributed by atoms with E-state index in [1.807, 2.05) is 58.8 Å². The molecule has 8 heteroatoms. The summed E-state index contributed by atoms with van der Waals surface area (Å²) in [5.41, 5.74) is 5.58. The second-order valence-corrected chi connectivity index (χ2v) is 6.55. The molecule has 128 valence electrons. The third-order valence-corrected chi connectivity index (χ3v) is 4.62. The summed E-state index contributed by atoms with van der Waals surface area (Å²) in [6, 6.07) is 7.93. The fraction of sp³-hybridized carbons (Fsp3) is 0.111. The molecule has 0 unspecified atom stereocenters. The second-order valence-electron chi connectivity index (χ2n) is 6.16. The van der Waals surface area contributed by atoms with Crippen molar-refractivity contribution in [2.24, 2.45) is 7.05 Å². The molecule has 0 radical (unpaired) electrons. The van der Waals surface area contributed by atoms with Gasteiger partial charge in [-0.25, -0.2) is 14.5 Å². The van der Waals surface area contributed by atoms with E-state index in [0.717, 1.165) is 33.8 Å². The quantitative estimate of drug-likeness (QED) is 0.494. The molecular formula is C18H14ClN7. The van der Waals surface area contributed by atoms with E-state index in [1.54, 1.807) is 17.1 Å². The Hall–Kier alpha value is -3.19. The van der Waals surface area contributed by atoms with Crippen LogP contribution in [-0.2, 0) is 13.5 Å². The highest BCUT2D eigenvalue weighted by Gasteiger charge is 2.10. The standard InChI is InChI=1S/C18H14ClN7/c1-24-11-13(7-22-24)15-3-5-18-20-8-14(26(18)23-15)6-12-2-4-17-21-9-16(19)25(17)10-12/h2-5,7-11H,6H2,1H3. The molecule has 0 aliphatic heterocycles. The van der Waals surface area contributed by atoms with Gasteiger partial charge in [0.1, 0.15) is 10.8 Å². The molecule has 7 nitrogen and oxygen atoms in total. The fourth-order valence-corrected chi connectivity index (χ4v) is 3.24. The van der Waals surface area contributed by atoms with Crippen LogP contribution in [0.25, 0.3) is 22.6 Å². The Morgan fingerprint density at radius 2 is 1.81 bits per heavy atom. The topological polar surface area (TPSA) is 65.3 Å². The first kappa shape index (κ1) is 15.1. The molecule has 0 spiro atoms. The van der Waals surface area contributed by atoms with E-state index >= 15 is 0 Å². The summed E-state index contributed by atoms with van der Waals surface area (Å²) < 4.78 is 5.51. The summed E-state index contributed by atoms with van der Waals surface area (Å²) >= 11 is 6.17. The van der Waals surface area contributed by atoms with Gasteiger partial charge in [-0.15, -0.1) is 0 Å². The molecule has 0 N–H and O–H groups in total. The van der Waals surface area contributed by atoms with Crippen molar-refractivity contribution in [3.05, 3.63) is 71.7 Å². The maximum absolute atomic E-state index is 6.17.